The normalized spacial score (nSPS) is 11.4. The second-order valence-corrected chi connectivity index (χ2v) is 7.84. The Kier molecular flexibility index (Phi) is 12.6. The molecule has 4 nitrogen and oxygen atoms in total. The van der Waals surface area contributed by atoms with Gasteiger partial charge >= 0.3 is 6.16 Å². The fourth-order valence-corrected chi connectivity index (χ4v) is 2.95. The van der Waals surface area contributed by atoms with Crippen LogP contribution in [0.5, 0.6) is 0 Å². The third-order valence-corrected chi connectivity index (χ3v) is 4.64. The summed E-state index contributed by atoms with van der Waals surface area (Å²) in [7, 11) is 0. The van der Waals surface area contributed by atoms with Gasteiger partial charge in [-0.05, 0) is 45.1 Å². The summed E-state index contributed by atoms with van der Waals surface area (Å²) in [6.07, 6.45) is 11.5. The van der Waals surface area contributed by atoms with E-state index in [1.54, 1.807) is 0 Å². The molecule has 0 aromatic heterocycles. The van der Waals surface area contributed by atoms with E-state index in [9.17, 15) is 4.79 Å². The monoisotopic (exact) mass is 378 g/mol. The number of benzene rings is 1. The van der Waals surface area contributed by atoms with E-state index in [-0.39, 0.29) is 0 Å². The fraction of sp³-hybridized carbons (Fsp3) is 0.696. The molecule has 1 rings (SSSR count). The van der Waals surface area contributed by atoms with Gasteiger partial charge in [0.05, 0.1) is 6.61 Å². The molecule has 1 aromatic carbocycles. The zero-order valence-electron chi connectivity index (χ0n) is 17.5. The number of carbonyl (C=O) groups excluding carboxylic acids is 1. The van der Waals surface area contributed by atoms with Crippen LogP contribution >= 0.6 is 0 Å². The quantitative estimate of drug-likeness (QED) is 0.142. The first-order valence-electron chi connectivity index (χ1n) is 10.6. The molecule has 27 heavy (non-hydrogen) atoms. The zero-order chi connectivity index (χ0) is 19.8. The second-order valence-electron chi connectivity index (χ2n) is 7.84. The molecule has 0 radical (unpaired) electrons. The van der Waals surface area contributed by atoms with Crippen LogP contribution in [0.3, 0.4) is 0 Å². The molecule has 4 heteroatoms. The molecule has 0 aliphatic heterocycles. The summed E-state index contributed by atoms with van der Waals surface area (Å²) in [6, 6.07) is 10.6. The van der Waals surface area contributed by atoms with Crippen molar-refractivity contribution >= 4 is 6.16 Å². The van der Waals surface area contributed by atoms with Crippen molar-refractivity contribution in [1.29, 1.82) is 0 Å². The molecule has 0 heterocycles. The predicted molar refractivity (Wildman–Crippen MR) is 110 cm³/mol. The molecule has 0 saturated carbocycles. The van der Waals surface area contributed by atoms with Crippen LogP contribution in [0.4, 0.5) is 4.79 Å². The summed E-state index contributed by atoms with van der Waals surface area (Å²) in [5.74, 6) is 0. The first kappa shape index (κ1) is 23.5. The molecule has 0 bridgehead atoms. The van der Waals surface area contributed by atoms with Gasteiger partial charge in [0.25, 0.3) is 0 Å². The highest BCUT2D eigenvalue weighted by molar-refractivity contribution is 5.58. The van der Waals surface area contributed by atoms with Gasteiger partial charge in [-0.1, -0.05) is 82.2 Å². The van der Waals surface area contributed by atoms with E-state index in [2.05, 4.69) is 37.3 Å². The molecule has 0 saturated heterocycles. The van der Waals surface area contributed by atoms with Crippen LogP contribution in [0.2, 0.25) is 0 Å². The van der Waals surface area contributed by atoms with Crippen molar-refractivity contribution in [2.45, 2.75) is 97.0 Å². The van der Waals surface area contributed by atoms with Crippen LogP contribution in [0, 0.1) is 0 Å². The maximum Gasteiger partial charge on any atom is 0.540 e. The van der Waals surface area contributed by atoms with Crippen molar-refractivity contribution < 1.29 is 19.3 Å². The molecule has 0 spiro atoms. The lowest BCUT2D eigenvalue weighted by molar-refractivity contribution is -0.318. The van der Waals surface area contributed by atoms with Crippen molar-refractivity contribution in [2.24, 2.45) is 0 Å². The molecule has 0 atom stereocenters. The van der Waals surface area contributed by atoms with Crippen LogP contribution in [-0.4, -0.2) is 18.4 Å². The summed E-state index contributed by atoms with van der Waals surface area (Å²) in [5, 5.41) is 0. The number of rotatable bonds is 15. The van der Waals surface area contributed by atoms with Gasteiger partial charge in [-0.25, -0.2) is 4.79 Å². The Morgan fingerprint density at radius 3 is 2.26 bits per heavy atom. The highest BCUT2D eigenvalue weighted by Gasteiger charge is 2.22. The fourth-order valence-electron chi connectivity index (χ4n) is 2.95. The Bertz CT molecular complexity index is 484. The van der Waals surface area contributed by atoms with Crippen molar-refractivity contribution in [2.75, 3.05) is 6.61 Å². The van der Waals surface area contributed by atoms with Gasteiger partial charge in [0.2, 0.25) is 0 Å². The smallest absolute Gasteiger partial charge is 0.432 e. The standard InChI is InChI=1S/C23H38O4/c1-4-5-14-19-23(2,3)27-26-22(24)25-20-15-9-7-6-8-11-16-21-17-12-10-13-18-21/h10,12-13,17-18H,4-9,11,14-16,19-20H2,1-3H3. The first-order chi connectivity index (χ1) is 13.0. The molecule has 0 amide bonds. The van der Waals surface area contributed by atoms with Gasteiger partial charge < -0.3 is 4.74 Å². The Hall–Kier alpha value is -1.55. The Balaban J connectivity index is 1.91. The number of hydrogen-bond donors (Lipinski definition) is 0. The number of ether oxygens (including phenoxy) is 1. The van der Waals surface area contributed by atoms with Crippen molar-refractivity contribution in [3.63, 3.8) is 0 Å². The molecule has 0 N–H and O–H groups in total. The molecule has 0 aliphatic rings. The first-order valence-corrected chi connectivity index (χ1v) is 10.6. The van der Waals surface area contributed by atoms with Gasteiger partial charge in [-0.15, -0.1) is 0 Å². The van der Waals surface area contributed by atoms with E-state index in [4.69, 9.17) is 14.5 Å². The van der Waals surface area contributed by atoms with E-state index >= 15 is 0 Å². The zero-order valence-corrected chi connectivity index (χ0v) is 17.5. The van der Waals surface area contributed by atoms with Crippen molar-refractivity contribution in [1.82, 2.24) is 0 Å². The average molecular weight is 379 g/mol. The lowest BCUT2D eigenvalue weighted by Crippen LogP contribution is -2.26. The molecule has 154 valence electrons. The maximum atomic E-state index is 11.6. The maximum absolute atomic E-state index is 11.6. The summed E-state index contributed by atoms with van der Waals surface area (Å²) in [5.41, 5.74) is 0.952. The summed E-state index contributed by atoms with van der Waals surface area (Å²) in [6.45, 7) is 6.40. The number of aryl methyl sites for hydroxylation is 1. The average Bonchev–Trinajstić information content (AvgIpc) is 2.66. The van der Waals surface area contributed by atoms with Gasteiger partial charge in [0.15, 0.2) is 0 Å². The molecular weight excluding hydrogens is 340 g/mol. The van der Waals surface area contributed by atoms with E-state index in [0.29, 0.717) is 6.61 Å². The SMILES string of the molecule is CCCCCC(C)(C)OOC(=O)OCCCCCCCCc1ccccc1. The third kappa shape index (κ3) is 13.3. The van der Waals surface area contributed by atoms with E-state index in [1.165, 1.54) is 31.2 Å². The molecule has 1 aromatic rings. The molecule has 0 fully saturated rings. The minimum Gasteiger partial charge on any atom is -0.432 e. The predicted octanol–water partition coefficient (Wildman–Crippen LogP) is 7.01. The van der Waals surface area contributed by atoms with Gasteiger partial charge in [0, 0.05) is 0 Å². The van der Waals surface area contributed by atoms with Crippen molar-refractivity contribution in [3.8, 4) is 0 Å². The van der Waals surface area contributed by atoms with Crippen LogP contribution in [0.25, 0.3) is 0 Å². The van der Waals surface area contributed by atoms with Crippen LogP contribution in [0.15, 0.2) is 30.3 Å². The number of carbonyl (C=O) groups is 1. The van der Waals surface area contributed by atoms with Gasteiger partial charge in [-0.3, -0.25) is 4.89 Å². The number of unbranched alkanes of at least 4 members (excludes halogenated alkanes) is 7. The minimum absolute atomic E-state index is 0.391. The number of hydrogen-bond acceptors (Lipinski definition) is 4. The molecular formula is C23H38O4. The molecule has 0 aliphatic carbocycles. The summed E-state index contributed by atoms with van der Waals surface area (Å²) in [4.78, 5) is 21.6. The van der Waals surface area contributed by atoms with E-state index in [0.717, 1.165) is 44.9 Å². The third-order valence-electron chi connectivity index (χ3n) is 4.64. The minimum atomic E-state index is -0.735. The van der Waals surface area contributed by atoms with Crippen LogP contribution in [-0.2, 0) is 20.9 Å². The van der Waals surface area contributed by atoms with Crippen LogP contribution < -0.4 is 0 Å². The lowest BCUT2D eigenvalue weighted by Gasteiger charge is -2.22. The largest absolute Gasteiger partial charge is 0.540 e. The Morgan fingerprint density at radius 1 is 0.889 bits per heavy atom. The Labute approximate surface area is 165 Å². The van der Waals surface area contributed by atoms with E-state index < -0.39 is 11.8 Å². The van der Waals surface area contributed by atoms with Crippen molar-refractivity contribution in [3.05, 3.63) is 35.9 Å². The van der Waals surface area contributed by atoms with E-state index in [1.807, 2.05) is 13.8 Å². The topological polar surface area (TPSA) is 44.8 Å². The Morgan fingerprint density at radius 2 is 1.56 bits per heavy atom. The summed E-state index contributed by atoms with van der Waals surface area (Å²) < 4.78 is 5.06. The highest BCUT2D eigenvalue weighted by Crippen LogP contribution is 2.19. The van der Waals surface area contributed by atoms with Crippen LogP contribution in [0.1, 0.15) is 90.5 Å². The summed E-state index contributed by atoms with van der Waals surface area (Å²) >= 11 is 0. The molecule has 0 unspecified atom stereocenters. The lowest BCUT2D eigenvalue weighted by atomic mass is 10.0. The second kappa shape index (κ2) is 14.5. The van der Waals surface area contributed by atoms with Gasteiger partial charge in [0.1, 0.15) is 5.60 Å². The highest BCUT2D eigenvalue weighted by atomic mass is 17.2. The van der Waals surface area contributed by atoms with Gasteiger partial charge in [-0.2, -0.15) is 4.89 Å².